The molecule has 5 nitrogen and oxygen atoms in total. The zero-order valence-electron chi connectivity index (χ0n) is 18.7. The number of nitrogens with one attached hydrogen (secondary N) is 2. The summed E-state index contributed by atoms with van der Waals surface area (Å²) in [7, 11) is 0. The Morgan fingerprint density at radius 2 is 1.85 bits per heavy atom. The molecule has 2 amide bonds. The van der Waals surface area contributed by atoms with Gasteiger partial charge in [0.15, 0.2) is 0 Å². The molecule has 0 aliphatic carbocycles. The topological polar surface area (TPSA) is 71.1 Å². The number of aryl methyl sites for hydroxylation is 1. The molecule has 0 unspecified atom stereocenters. The van der Waals surface area contributed by atoms with Crippen LogP contribution in [0.3, 0.4) is 0 Å². The van der Waals surface area contributed by atoms with Crippen molar-refractivity contribution in [3.63, 3.8) is 0 Å². The fraction of sp³-hybridized carbons (Fsp3) is 0.296. The van der Waals surface area contributed by atoms with Crippen LogP contribution in [0.1, 0.15) is 54.0 Å². The van der Waals surface area contributed by atoms with E-state index >= 15 is 0 Å². The van der Waals surface area contributed by atoms with Crippen LogP contribution in [0.25, 0.3) is 0 Å². The van der Waals surface area contributed by atoms with E-state index < -0.39 is 5.54 Å². The monoisotopic (exact) mass is 461 g/mol. The highest BCUT2D eigenvalue weighted by Gasteiger charge is 2.38. The van der Waals surface area contributed by atoms with Crippen molar-refractivity contribution in [2.24, 2.45) is 0 Å². The van der Waals surface area contributed by atoms with Crippen LogP contribution in [-0.4, -0.2) is 22.3 Å². The maximum atomic E-state index is 13.1. The number of hydrogen-bond acceptors (Lipinski definition) is 3. The van der Waals surface area contributed by atoms with Gasteiger partial charge in [-0.25, -0.2) is 0 Å². The first-order chi connectivity index (χ1) is 15.9. The Kier molecular flexibility index (Phi) is 7.09. The van der Waals surface area contributed by atoms with Gasteiger partial charge >= 0.3 is 0 Å². The molecular weight excluding hydrogens is 434 g/mol. The third-order valence-electron chi connectivity index (χ3n) is 6.37. The predicted octanol–water partition coefficient (Wildman–Crippen LogP) is 4.92. The summed E-state index contributed by atoms with van der Waals surface area (Å²) in [5, 5.41) is 7.05. The molecule has 2 N–H and O–H groups in total. The van der Waals surface area contributed by atoms with E-state index in [1.54, 1.807) is 12.4 Å². The number of amides is 2. The number of hydrogen-bond donors (Lipinski definition) is 2. The van der Waals surface area contributed by atoms with E-state index in [1.165, 1.54) is 0 Å². The van der Waals surface area contributed by atoms with Crippen molar-refractivity contribution in [1.29, 1.82) is 0 Å². The standard InChI is InChI=1S/C27H28ClN3O2/c1-19-4-2-3-5-23(19)26(21-12-16-29-17-13-21)30-24(32)10-14-27(15-11-25(33)31-27)18-20-6-8-22(28)9-7-20/h2-9,12-13,16-17,26H,10-11,14-15,18H2,1H3,(H,30,32)(H,31,33)/t26-,27+/m1/s1. The second kappa shape index (κ2) is 10.2. The van der Waals surface area contributed by atoms with Gasteiger partial charge in [0.05, 0.1) is 6.04 Å². The third kappa shape index (κ3) is 5.79. The van der Waals surface area contributed by atoms with E-state index in [-0.39, 0.29) is 17.9 Å². The molecule has 170 valence electrons. The number of nitrogens with zero attached hydrogens (tertiary/aromatic N) is 1. The van der Waals surface area contributed by atoms with Crippen molar-refractivity contribution < 1.29 is 9.59 Å². The first-order valence-electron chi connectivity index (χ1n) is 11.2. The van der Waals surface area contributed by atoms with Gasteiger partial charge in [-0.2, -0.15) is 0 Å². The zero-order chi connectivity index (χ0) is 23.3. The van der Waals surface area contributed by atoms with E-state index in [2.05, 4.69) is 15.6 Å². The average molecular weight is 462 g/mol. The number of carbonyl (C=O) groups excluding carboxylic acids is 2. The highest BCUT2D eigenvalue weighted by Crippen LogP contribution is 2.31. The quantitative estimate of drug-likeness (QED) is 0.500. The fourth-order valence-electron chi connectivity index (χ4n) is 4.57. The van der Waals surface area contributed by atoms with E-state index in [1.807, 2.05) is 67.6 Å². The molecule has 6 heteroatoms. The van der Waals surface area contributed by atoms with Crippen LogP contribution in [0, 0.1) is 6.92 Å². The molecule has 4 rings (SSSR count). The summed E-state index contributed by atoms with van der Waals surface area (Å²) in [6, 6.07) is 19.3. The van der Waals surface area contributed by atoms with E-state index in [0.29, 0.717) is 37.1 Å². The van der Waals surface area contributed by atoms with Crippen LogP contribution in [0.2, 0.25) is 5.02 Å². The Morgan fingerprint density at radius 3 is 2.52 bits per heavy atom. The van der Waals surface area contributed by atoms with Gasteiger partial charge in [0.2, 0.25) is 11.8 Å². The Morgan fingerprint density at radius 1 is 1.12 bits per heavy atom. The molecular formula is C27H28ClN3O2. The van der Waals surface area contributed by atoms with Gasteiger partial charge in [-0.1, -0.05) is 48.0 Å². The minimum atomic E-state index is -0.420. The SMILES string of the molecule is Cc1ccccc1[C@H](NC(=O)CC[C@@]1(Cc2ccc(Cl)cc2)CCC(=O)N1)c1ccncc1. The largest absolute Gasteiger partial charge is 0.350 e. The van der Waals surface area contributed by atoms with Crippen LogP contribution in [-0.2, 0) is 16.0 Å². The summed E-state index contributed by atoms with van der Waals surface area (Å²) in [5.41, 5.74) is 3.83. The maximum absolute atomic E-state index is 13.1. The molecule has 1 aliphatic heterocycles. The molecule has 1 aromatic heterocycles. The summed E-state index contributed by atoms with van der Waals surface area (Å²) < 4.78 is 0. The van der Waals surface area contributed by atoms with Crippen LogP contribution in [0.15, 0.2) is 73.1 Å². The van der Waals surface area contributed by atoms with Crippen LogP contribution < -0.4 is 10.6 Å². The predicted molar refractivity (Wildman–Crippen MR) is 130 cm³/mol. The summed E-state index contributed by atoms with van der Waals surface area (Å²) in [4.78, 5) is 29.3. The highest BCUT2D eigenvalue weighted by molar-refractivity contribution is 6.30. The van der Waals surface area contributed by atoms with E-state index in [4.69, 9.17) is 11.6 Å². The normalized spacial score (nSPS) is 18.5. The van der Waals surface area contributed by atoms with Crippen molar-refractivity contribution in [1.82, 2.24) is 15.6 Å². The molecule has 33 heavy (non-hydrogen) atoms. The fourth-order valence-corrected chi connectivity index (χ4v) is 4.69. The smallest absolute Gasteiger partial charge is 0.220 e. The molecule has 0 saturated carbocycles. The molecule has 0 spiro atoms. The molecule has 0 radical (unpaired) electrons. The number of aromatic nitrogens is 1. The van der Waals surface area contributed by atoms with Crippen molar-refractivity contribution in [3.05, 3.63) is 100 Å². The van der Waals surface area contributed by atoms with Gasteiger partial charge in [-0.3, -0.25) is 14.6 Å². The summed E-state index contributed by atoms with van der Waals surface area (Å²) in [5.74, 6) is -0.00404. The molecule has 1 saturated heterocycles. The lowest BCUT2D eigenvalue weighted by Crippen LogP contribution is -2.44. The average Bonchev–Trinajstić information content (AvgIpc) is 3.19. The molecule has 2 heterocycles. The van der Waals surface area contributed by atoms with E-state index in [9.17, 15) is 9.59 Å². The maximum Gasteiger partial charge on any atom is 0.220 e. The Labute approximate surface area is 199 Å². The van der Waals surface area contributed by atoms with Crippen LogP contribution in [0.4, 0.5) is 0 Å². The lowest BCUT2D eigenvalue weighted by Gasteiger charge is -2.30. The summed E-state index contributed by atoms with van der Waals surface area (Å²) >= 11 is 6.02. The number of benzene rings is 2. The number of pyridine rings is 1. The Bertz CT molecular complexity index is 1120. The van der Waals surface area contributed by atoms with Crippen molar-refractivity contribution >= 4 is 23.4 Å². The minimum absolute atomic E-state index is 0.0407. The highest BCUT2D eigenvalue weighted by atomic mass is 35.5. The lowest BCUT2D eigenvalue weighted by atomic mass is 9.85. The second-order valence-electron chi connectivity index (χ2n) is 8.77. The van der Waals surface area contributed by atoms with E-state index in [0.717, 1.165) is 22.3 Å². The Balaban J connectivity index is 1.49. The number of rotatable bonds is 8. The zero-order valence-corrected chi connectivity index (χ0v) is 19.4. The van der Waals surface area contributed by atoms with Crippen molar-refractivity contribution in [3.8, 4) is 0 Å². The van der Waals surface area contributed by atoms with Gasteiger partial charge in [-0.05, 0) is 72.7 Å². The molecule has 0 bridgehead atoms. The van der Waals surface area contributed by atoms with Gasteiger partial charge in [0.1, 0.15) is 0 Å². The first-order valence-corrected chi connectivity index (χ1v) is 11.6. The van der Waals surface area contributed by atoms with Gasteiger partial charge in [0, 0.05) is 35.8 Å². The number of halogens is 1. The molecule has 3 aromatic rings. The lowest BCUT2D eigenvalue weighted by molar-refractivity contribution is -0.123. The first kappa shape index (κ1) is 23.0. The second-order valence-corrected chi connectivity index (χ2v) is 9.21. The molecule has 1 aliphatic rings. The molecule has 2 aromatic carbocycles. The van der Waals surface area contributed by atoms with Crippen LogP contribution in [0.5, 0.6) is 0 Å². The summed E-state index contributed by atoms with van der Waals surface area (Å²) in [6.07, 6.45) is 6.25. The van der Waals surface area contributed by atoms with Crippen LogP contribution >= 0.6 is 11.6 Å². The molecule has 2 atom stereocenters. The summed E-state index contributed by atoms with van der Waals surface area (Å²) in [6.45, 7) is 2.05. The number of carbonyl (C=O) groups is 2. The molecule has 1 fully saturated rings. The van der Waals surface area contributed by atoms with Gasteiger partial charge < -0.3 is 10.6 Å². The van der Waals surface area contributed by atoms with Crippen molar-refractivity contribution in [2.75, 3.05) is 0 Å². The Hall–Kier alpha value is -3.18. The van der Waals surface area contributed by atoms with Crippen molar-refractivity contribution in [2.45, 2.75) is 50.6 Å². The third-order valence-corrected chi connectivity index (χ3v) is 6.62. The minimum Gasteiger partial charge on any atom is -0.350 e. The van der Waals surface area contributed by atoms with Gasteiger partial charge in [0.25, 0.3) is 0 Å². The van der Waals surface area contributed by atoms with Gasteiger partial charge in [-0.15, -0.1) is 0 Å².